The van der Waals surface area contributed by atoms with Gasteiger partial charge in [-0.15, -0.1) is 0 Å². The Kier molecular flexibility index (Phi) is 4.89. The molecule has 2 heterocycles. The highest BCUT2D eigenvalue weighted by Crippen LogP contribution is 2.22. The highest BCUT2D eigenvalue weighted by Gasteiger charge is 2.12. The molecule has 0 saturated heterocycles. The zero-order valence-corrected chi connectivity index (χ0v) is 15.1. The number of hydrogen-bond acceptors (Lipinski definition) is 7. The molecule has 2 aromatic heterocycles. The van der Waals surface area contributed by atoms with Gasteiger partial charge in [0.2, 0.25) is 0 Å². The van der Waals surface area contributed by atoms with Gasteiger partial charge < -0.3 is 19.8 Å². The van der Waals surface area contributed by atoms with Crippen molar-refractivity contribution in [1.29, 1.82) is 0 Å². The fourth-order valence-corrected chi connectivity index (χ4v) is 2.53. The molecule has 0 saturated carbocycles. The number of H-pyrrole nitrogens is 1. The Morgan fingerprint density at radius 3 is 2.74 bits per heavy atom. The van der Waals surface area contributed by atoms with Crippen LogP contribution in [0.2, 0.25) is 0 Å². The third-order valence-corrected chi connectivity index (χ3v) is 4.02. The molecule has 0 spiro atoms. The maximum absolute atomic E-state index is 12.4. The average molecular weight is 366 g/mol. The van der Waals surface area contributed by atoms with Crippen LogP contribution in [0.3, 0.4) is 0 Å². The second-order valence-electron chi connectivity index (χ2n) is 5.80. The number of aromatic amines is 1. The topological polar surface area (TPSA) is 106 Å². The Morgan fingerprint density at radius 2 is 2.04 bits per heavy atom. The molecule has 0 unspecified atom stereocenters. The van der Waals surface area contributed by atoms with Gasteiger partial charge in [0, 0.05) is 23.0 Å². The Hall–Kier alpha value is -3.68. The van der Waals surface area contributed by atoms with E-state index in [0.717, 1.165) is 5.56 Å². The van der Waals surface area contributed by atoms with Gasteiger partial charge in [-0.1, -0.05) is 12.6 Å². The van der Waals surface area contributed by atoms with E-state index < -0.39 is 5.97 Å². The van der Waals surface area contributed by atoms with Gasteiger partial charge >= 0.3 is 12.0 Å². The van der Waals surface area contributed by atoms with E-state index >= 15 is 0 Å². The van der Waals surface area contributed by atoms with Gasteiger partial charge in [-0.2, -0.15) is 4.98 Å². The number of pyridine rings is 1. The van der Waals surface area contributed by atoms with E-state index in [9.17, 15) is 9.59 Å². The second-order valence-corrected chi connectivity index (χ2v) is 5.80. The van der Waals surface area contributed by atoms with Gasteiger partial charge in [0.25, 0.3) is 5.56 Å². The lowest BCUT2D eigenvalue weighted by molar-refractivity contribution is 0.0601. The van der Waals surface area contributed by atoms with Crippen molar-refractivity contribution >= 4 is 28.4 Å². The highest BCUT2D eigenvalue weighted by atomic mass is 16.5. The minimum atomic E-state index is -0.446. The number of methoxy groups -OCH3 is 2. The van der Waals surface area contributed by atoms with Crippen LogP contribution in [0, 0.1) is 6.92 Å². The van der Waals surface area contributed by atoms with Gasteiger partial charge in [-0.3, -0.25) is 4.79 Å². The van der Waals surface area contributed by atoms with Crippen molar-refractivity contribution in [1.82, 2.24) is 15.0 Å². The van der Waals surface area contributed by atoms with Crippen LogP contribution in [0.15, 0.2) is 41.8 Å². The second kappa shape index (κ2) is 7.28. The van der Waals surface area contributed by atoms with E-state index in [1.54, 1.807) is 30.5 Å². The summed E-state index contributed by atoms with van der Waals surface area (Å²) in [6.45, 7) is 5.82. The number of fused-ring (bicyclic) bond motifs is 1. The van der Waals surface area contributed by atoms with Crippen LogP contribution >= 0.6 is 0 Å². The molecule has 0 atom stereocenters. The molecule has 2 N–H and O–H groups in total. The third-order valence-electron chi connectivity index (χ3n) is 4.02. The Labute approximate surface area is 154 Å². The van der Waals surface area contributed by atoms with Crippen LogP contribution in [0.4, 0.5) is 5.69 Å². The number of ether oxygens (including phenoxy) is 2. The maximum Gasteiger partial charge on any atom is 0.337 e. The quantitative estimate of drug-likeness (QED) is 0.668. The number of nitrogens with zero attached hydrogens (tertiary/aromatic N) is 2. The smallest absolute Gasteiger partial charge is 0.337 e. The number of nitrogens with one attached hydrogen (secondary N) is 2. The molecular formula is C19H18N4O4. The molecule has 0 radical (unpaired) electrons. The molecule has 27 heavy (non-hydrogen) atoms. The summed E-state index contributed by atoms with van der Waals surface area (Å²) in [5.41, 5.74) is 2.64. The van der Waals surface area contributed by atoms with E-state index in [0.29, 0.717) is 33.5 Å². The number of aromatic nitrogens is 3. The molecule has 0 bridgehead atoms. The normalized spacial score (nSPS) is 10.5. The lowest BCUT2D eigenvalue weighted by atomic mass is 10.1. The Bertz CT molecular complexity index is 1100. The number of rotatable bonds is 5. The number of anilines is 1. The third kappa shape index (κ3) is 3.64. The largest absolute Gasteiger partial charge is 0.467 e. The molecule has 8 nitrogen and oxygen atoms in total. The first kappa shape index (κ1) is 18.1. The first-order valence-electron chi connectivity index (χ1n) is 8.02. The summed E-state index contributed by atoms with van der Waals surface area (Å²) >= 11 is 0. The summed E-state index contributed by atoms with van der Waals surface area (Å²) in [7, 11) is 2.77. The summed E-state index contributed by atoms with van der Waals surface area (Å²) in [5.74, 6) is -0.446. The summed E-state index contributed by atoms with van der Waals surface area (Å²) < 4.78 is 9.70. The van der Waals surface area contributed by atoms with Crippen molar-refractivity contribution in [2.45, 2.75) is 6.92 Å². The monoisotopic (exact) mass is 366 g/mol. The molecule has 0 fully saturated rings. The zero-order chi connectivity index (χ0) is 19.6. The van der Waals surface area contributed by atoms with E-state index in [-0.39, 0.29) is 11.6 Å². The number of esters is 1. The average Bonchev–Trinajstić information content (AvgIpc) is 2.67. The van der Waals surface area contributed by atoms with Crippen molar-refractivity contribution in [3.8, 4) is 6.01 Å². The van der Waals surface area contributed by atoms with Crippen LogP contribution in [-0.2, 0) is 4.74 Å². The predicted molar refractivity (Wildman–Crippen MR) is 102 cm³/mol. The summed E-state index contributed by atoms with van der Waals surface area (Å²) in [6, 6.07) is 6.91. The van der Waals surface area contributed by atoms with Crippen LogP contribution in [0.25, 0.3) is 16.7 Å². The molecule has 8 heteroatoms. The number of carbonyl (C=O) groups excluding carboxylic acids is 1. The maximum atomic E-state index is 12.4. The number of aryl methyl sites for hydroxylation is 1. The van der Waals surface area contributed by atoms with Crippen LogP contribution in [0.5, 0.6) is 6.01 Å². The molecular weight excluding hydrogens is 348 g/mol. The molecule has 1 aromatic carbocycles. The Balaban J connectivity index is 1.96. The lowest BCUT2D eigenvalue weighted by Gasteiger charge is -2.13. The van der Waals surface area contributed by atoms with Crippen molar-refractivity contribution < 1.29 is 14.3 Å². The van der Waals surface area contributed by atoms with Crippen molar-refractivity contribution in [3.63, 3.8) is 0 Å². The zero-order valence-electron chi connectivity index (χ0n) is 15.1. The number of hydrogen-bond donors (Lipinski definition) is 2. The van der Waals surface area contributed by atoms with E-state index in [2.05, 4.69) is 26.8 Å². The Morgan fingerprint density at radius 1 is 1.26 bits per heavy atom. The SMILES string of the molecule is C=C(Nc1cc(C(=O)OC)ccc1C)c1cc2cnc(OC)nc2[nH]c1=O. The lowest BCUT2D eigenvalue weighted by Crippen LogP contribution is -2.15. The van der Waals surface area contributed by atoms with Crippen molar-refractivity contribution in [3.05, 3.63) is 64.1 Å². The van der Waals surface area contributed by atoms with E-state index in [4.69, 9.17) is 9.47 Å². The van der Waals surface area contributed by atoms with E-state index in [1.165, 1.54) is 14.2 Å². The molecule has 0 aliphatic heterocycles. The van der Waals surface area contributed by atoms with Gasteiger partial charge in [0.15, 0.2) is 0 Å². The fraction of sp³-hybridized carbons (Fsp3) is 0.158. The summed E-state index contributed by atoms with van der Waals surface area (Å²) in [4.78, 5) is 35.0. The summed E-state index contributed by atoms with van der Waals surface area (Å²) in [5, 5.41) is 3.72. The molecule has 0 aliphatic rings. The summed E-state index contributed by atoms with van der Waals surface area (Å²) in [6.07, 6.45) is 1.55. The predicted octanol–water partition coefficient (Wildman–Crippen LogP) is 2.50. The molecule has 3 aromatic rings. The van der Waals surface area contributed by atoms with Crippen LogP contribution in [0.1, 0.15) is 21.5 Å². The van der Waals surface area contributed by atoms with Gasteiger partial charge in [0.05, 0.1) is 25.3 Å². The standard InChI is InChI=1S/C19H18N4O4/c1-10-5-6-12(18(25)26-3)8-15(10)21-11(2)14-7-13-9-20-19(27-4)23-16(13)22-17(14)24/h5-9,21H,2H2,1,3-4H3,(H,20,22,23,24). The molecule has 0 amide bonds. The first-order valence-corrected chi connectivity index (χ1v) is 8.02. The molecule has 3 rings (SSSR count). The van der Waals surface area contributed by atoms with Gasteiger partial charge in [-0.05, 0) is 30.7 Å². The molecule has 138 valence electrons. The first-order chi connectivity index (χ1) is 12.9. The number of carbonyl (C=O) groups is 1. The van der Waals surface area contributed by atoms with Crippen molar-refractivity contribution in [2.75, 3.05) is 19.5 Å². The highest BCUT2D eigenvalue weighted by molar-refractivity contribution is 5.92. The minimum absolute atomic E-state index is 0.165. The molecule has 0 aliphatic carbocycles. The number of benzene rings is 1. The van der Waals surface area contributed by atoms with Gasteiger partial charge in [0.1, 0.15) is 5.65 Å². The fourth-order valence-electron chi connectivity index (χ4n) is 2.53. The van der Waals surface area contributed by atoms with Crippen molar-refractivity contribution in [2.24, 2.45) is 0 Å². The van der Waals surface area contributed by atoms with Crippen LogP contribution < -0.4 is 15.6 Å². The minimum Gasteiger partial charge on any atom is -0.467 e. The van der Waals surface area contributed by atoms with E-state index in [1.807, 2.05) is 6.92 Å². The van der Waals surface area contributed by atoms with Crippen LogP contribution in [-0.4, -0.2) is 35.1 Å². The van der Waals surface area contributed by atoms with Gasteiger partial charge in [-0.25, -0.2) is 9.78 Å².